The molecule has 0 amide bonds. The van der Waals surface area contributed by atoms with Crippen LogP contribution >= 0.6 is 0 Å². The first-order valence-corrected chi connectivity index (χ1v) is 7.24. The van der Waals surface area contributed by atoms with Gasteiger partial charge in [0.1, 0.15) is 0 Å². The van der Waals surface area contributed by atoms with E-state index in [1.807, 2.05) is 19.9 Å². The molecule has 0 N–H and O–H groups in total. The van der Waals surface area contributed by atoms with E-state index in [1.54, 1.807) is 0 Å². The Balaban J connectivity index is -0.000000249. The van der Waals surface area contributed by atoms with Crippen LogP contribution < -0.4 is 0 Å². The monoisotopic (exact) mass is 250 g/mol. The molecule has 0 aliphatic carbocycles. The molecule has 0 unspecified atom stereocenters. The first-order valence-electron chi connectivity index (χ1n) is 7.24. The summed E-state index contributed by atoms with van der Waals surface area (Å²) in [5, 5.41) is 0. The van der Waals surface area contributed by atoms with Crippen molar-refractivity contribution >= 4 is 0 Å². The van der Waals surface area contributed by atoms with E-state index >= 15 is 0 Å². The van der Waals surface area contributed by atoms with Gasteiger partial charge in [-0.3, -0.25) is 0 Å². The molecule has 0 aliphatic rings. The van der Waals surface area contributed by atoms with Crippen molar-refractivity contribution in [2.75, 3.05) is 0 Å². The van der Waals surface area contributed by atoms with Gasteiger partial charge in [-0.05, 0) is 42.9 Å². The Bertz CT molecular complexity index is 315. The van der Waals surface area contributed by atoms with Gasteiger partial charge in [0.2, 0.25) is 0 Å². The summed E-state index contributed by atoms with van der Waals surface area (Å²) >= 11 is 0. The fourth-order valence-corrected chi connectivity index (χ4v) is 1.36. The van der Waals surface area contributed by atoms with Crippen molar-refractivity contribution in [2.24, 2.45) is 5.92 Å². The third kappa shape index (κ3) is 8.11. The Morgan fingerprint density at radius 2 is 1.78 bits per heavy atom. The highest BCUT2D eigenvalue weighted by Crippen LogP contribution is 2.12. The molecule has 106 valence electrons. The zero-order valence-electron chi connectivity index (χ0n) is 13.5. The van der Waals surface area contributed by atoms with Gasteiger partial charge < -0.3 is 0 Å². The van der Waals surface area contributed by atoms with Crippen molar-refractivity contribution < 1.29 is 1.43 Å². The van der Waals surface area contributed by atoms with Gasteiger partial charge >= 0.3 is 0 Å². The van der Waals surface area contributed by atoms with Crippen LogP contribution in [0.5, 0.6) is 0 Å². The Labute approximate surface area is 117 Å². The quantitative estimate of drug-likeness (QED) is 0.548. The molecule has 0 spiro atoms. The van der Waals surface area contributed by atoms with Crippen molar-refractivity contribution in [1.29, 1.82) is 0 Å². The summed E-state index contributed by atoms with van der Waals surface area (Å²) < 4.78 is 0. The van der Waals surface area contributed by atoms with Crippen molar-refractivity contribution in [3.05, 3.63) is 47.5 Å². The maximum Gasteiger partial charge on any atom is 0 e. The SMILES string of the molecule is C=C[C@@H](C)CC.CC.CCc1cccc(C)c1C.[HH]. The van der Waals surface area contributed by atoms with Crippen molar-refractivity contribution in [3.8, 4) is 0 Å². The second-order valence-corrected chi connectivity index (χ2v) is 4.33. The van der Waals surface area contributed by atoms with Gasteiger partial charge in [0, 0.05) is 1.43 Å². The smallest absolute Gasteiger partial charge is 0 e. The molecule has 0 heterocycles. The number of aryl methyl sites for hydroxylation is 2. The van der Waals surface area contributed by atoms with E-state index in [-0.39, 0.29) is 1.43 Å². The highest BCUT2D eigenvalue weighted by Gasteiger charge is 1.95. The topological polar surface area (TPSA) is 0 Å². The number of hydrogen-bond donors (Lipinski definition) is 0. The maximum absolute atomic E-state index is 3.63. The molecule has 0 saturated carbocycles. The van der Waals surface area contributed by atoms with E-state index < -0.39 is 0 Å². The number of benzene rings is 1. The maximum atomic E-state index is 3.63. The first-order chi connectivity index (χ1) is 8.56. The molecule has 18 heavy (non-hydrogen) atoms. The molecule has 0 nitrogen and oxygen atoms in total. The summed E-state index contributed by atoms with van der Waals surface area (Å²) in [7, 11) is 0. The van der Waals surface area contributed by atoms with Crippen LogP contribution in [0.15, 0.2) is 30.9 Å². The minimum absolute atomic E-state index is 0. The third-order valence-corrected chi connectivity index (χ3v) is 3.14. The van der Waals surface area contributed by atoms with Crippen LogP contribution in [-0.4, -0.2) is 0 Å². The van der Waals surface area contributed by atoms with Crippen LogP contribution in [0.2, 0.25) is 0 Å². The third-order valence-electron chi connectivity index (χ3n) is 3.14. The Morgan fingerprint density at radius 1 is 1.22 bits per heavy atom. The molecule has 0 saturated heterocycles. The fourth-order valence-electron chi connectivity index (χ4n) is 1.36. The highest BCUT2D eigenvalue weighted by molar-refractivity contribution is 5.32. The molecule has 0 heteroatoms. The molecule has 1 atom stereocenters. The number of hydrogen-bond acceptors (Lipinski definition) is 0. The summed E-state index contributed by atoms with van der Waals surface area (Å²) in [6, 6.07) is 6.48. The van der Waals surface area contributed by atoms with Crippen LogP contribution in [0.25, 0.3) is 0 Å². The van der Waals surface area contributed by atoms with E-state index in [0.717, 1.165) is 6.42 Å². The average Bonchev–Trinajstić information content (AvgIpc) is 2.44. The predicted molar refractivity (Wildman–Crippen MR) is 88.4 cm³/mol. The normalized spacial score (nSPS) is 10.4. The van der Waals surface area contributed by atoms with Crippen molar-refractivity contribution in [1.82, 2.24) is 0 Å². The van der Waals surface area contributed by atoms with Crippen LogP contribution in [0, 0.1) is 19.8 Å². The lowest BCUT2D eigenvalue weighted by atomic mass is 10.0. The number of allylic oxidation sites excluding steroid dienone is 1. The lowest BCUT2D eigenvalue weighted by molar-refractivity contribution is 0.700. The Hall–Kier alpha value is -1.04. The van der Waals surface area contributed by atoms with Crippen molar-refractivity contribution in [2.45, 2.75) is 61.3 Å². The summed E-state index contributed by atoms with van der Waals surface area (Å²) in [4.78, 5) is 0. The van der Waals surface area contributed by atoms with Gasteiger partial charge in [0.25, 0.3) is 0 Å². The molecule has 0 aliphatic heterocycles. The molecule has 0 radical (unpaired) electrons. The van der Waals surface area contributed by atoms with Gasteiger partial charge in [0.05, 0.1) is 0 Å². The summed E-state index contributed by atoms with van der Waals surface area (Å²) in [6.07, 6.45) is 4.33. The predicted octanol–water partition coefficient (Wildman–Crippen LogP) is 6.36. The zero-order valence-corrected chi connectivity index (χ0v) is 13.5. The van der Waals surface area contributed by atoms with Crippen LogP contribution in [0.4, 0.5) is 0 Å². The second-order valence-electron chi connectivity index (χ2n) is 4.33. The van der Waals surface area contributed by atoms with E-state index in [0.29, 0.717) is 5.92 Å². The Kier molecular flexibility index (Phi) is 13.3. The van der Waals surface area contributed by atoms with Crippen LogP contribution in [0.1, 0.15) is 59.2 Å². The molecule has 1 rings (SSSR count). The van der Waals surface area contributed by atoms with E-state index in [4.69, 9.17) is 0 Å². The van der Waals surface area contributed by atoms with E-state index in [1.165, 1.54) is 23.1 Å². The number of rotatable bonds is 3. The standard InChI is InChI=1S/C10H14.C6H12.C2H6.H2/c1-4-10-7-5-6-8(2)9(10)3;1-4-6(3)5-2;1-2;/h5-7H,4H2,1-3H3;4,6H,1,5H2,2-3H3;1-2H3;1H/t;6-;;/m.1../s1. The summed E-state index contributed by atoms with van der Waals surface area (Å²) in [6.45, 7) is 18.5. The summed E-state index contributed by atoms with van der Waals surface area (Å²) in [5.41, 5.74) is 4.32. The van der Waals surface area contributed by atoms with Gasteiger partial charge in [-0.2, -0.15) is 0 Å². The first kappa shape index (κ1) is 19.3. The van der Waals surface area contributed by atoms with Gasteiger partial charge in [-0.1, -0.05) is 65.3 Å². The second kappa shape index (κ2) is 12.4. The van der Waals surface area contributed by atoms with E-state index in [2.05, 4.69) is 59.4 Å². The molecular formula is C18H34. The Morgan fingerprint density at radius 3 is 2.06 bits per heavy atom. The largest absolute Gasteiger partial charge is 0.103 e. The molecule has 1 aromatic rings. The molecule has 1 aromatic carbocycles. The zero-order chi connectivity index (χ0) is 14.6. The molecule has 0 bridgehead atoms. The molecular weight excluding hydrogens is 216 g/mol. The van der Waals surface area contributed by atoms with Gasteiger partial charge in [-0.25, -0.2) is 0 Å². The molecule has 0 fully saturated rings. The highest BCUT2D eigenvalue weighted by atomic mass is 14.0. The minimum atomic E-state index is 0. The lowest BCUT2D eigenvalue weighted by Crippen LogP contribution is -1.88. The summed E-state index contributed by atoms with van der Waals surface area (Å²) in [5.74, 6) is 0.699. The minimum Gasteiger partial charge on any atom is -0.103 e. The van der Waals surface area contributed by atoms with Crippen LogP contribution in [-0.2, 0) is 6.42 Å². The van der Waals surface area contributed by atoms with Crippen molar-refractivity contribution in [3.63, 3.8) is 0 Å². The molecule has 0 aromatic heterocycles. The van der Waals surface area contributed by atoms with Crippen LogP contribution in [0.3, 0.4) is 0 Å². The van der Waals surface area contributed by atoms with E-state index in [9.17, 15) is 0 Å². The van der Waals surface area contributed by atoms with Gasteiger partial charge in [0.15, 0.2) is 0 Å². The van der Waals surface area contributed by atoms with Gasteiger partial charge in [-0.15, -0.1) is 6.58 Å². The lowest BCUT2D eigenvalue weighted by Gasteiger charge is -2.04. The fraction of sp³-hybridized carbons (Fsp3) is 0.556. The average molecular weight is 250 g/mol.